The zero-order valence-corrected chi connectivity index (χ0v) is 5.88. The van der Waals surface area contributed by atoms with Gasteiger partial charge in [-0.1, -0.05) is 6.92 Å². The van der Waals surface area contributed by atoms with Crippen molar-refractivity contribution in [2.45, 2.75) is 25.4 Å². The van der Waals surface area contributed by atoms with Gasteiger partial charge in [-0.05, 0) is 13.3 Å². The van der Waals surface area contributed by atoms with Crippen molar-refractivity contribution in [2.75, 3.05) is 0 Å². The average Bonchev–Trinajstić information content (AvgIpc) is 1.83. The molecule has 0 N–H and O–H groups in total. The van der Waals surface area contributed by atoms with Crippen LogP contribution in [0.1, 0.15) is 13.3 Å². The van der Waals surface area contributed by atoms with E-state index in [-0.39, 0.29) is 6.42 Å². The Balaban J connectivity index is 4.45. The van der Waals surface area contributed by atoms with Crippen molar-refractivity contribution >= 4 is 0 Å². The smallest absolute Gasteiger partial charge is 0.196 e. The molecular weight excluding hydrogens is 167 g/mol. The molecule has 0 saturated carbocycles. The third-order valence-electron chi connectivity index (χ3n) is 1.38. The molecule has 0 rings (SSSR count). The van der Waals surface area contributed by atoms with Gasteiger partial charge < -0.3 is 0 Å². The van der Waals surface area contributed by atoms with E-state index in [0.29, 0.717) is 0 Å². The van der Waals surface area contributed by atoms with E-state index in [0.717, 1.165) is 0 Å². The monoisotopic (exact) mass is 175 g/mol. The Morgan fingerprint density at radius 2 is 1.55 bits per heavy atom. The largest absolute Gasteiger partial charge is 0.453 e. The van der Waals surface area contributed by atoms with Gasteiger partial charge in [0.05, 0.1) is 0 Å². The topological polar surface area (TPSA) is 0 Å². The minimum atomic E-state index is -5.48. The lowest BCUT2D eigenvalue weighted by Gasteiger charge is -2.24. The number of hydrogen-bond donors (Lipinski definition) is 0. The highest BCUT2D eigenvalue weighted by atomic mass is 19.4. The van der Waals surface area contributed by atoms with Crippen LogP contribution >= 0.6 is 0 Å². The zero-order valence-electron chi connectivity index (χ0n) is 5.88. The fourth-order valence-corrected chi connectivity index (χ4v) is 0.488. The van der Waals surface area contributed by atoms with E-state index in [1.165, 1.54) is 6.92 Å². The lowest BCUT2D eigenvalue weighted by molar-refractivity contribution is -0.297. The Kier molecular flexibility index (Phi) is 2.85. The van der Waals surface area contributed by atoms with Crippen LogP contribution < -0.4 is 0 Å². The molecule has 1 atom stereocenters. The van der Waals surface area contributed by atoms with E-state index >= 15 is 0 Å². The molecular formula is C6H8F5. The summed E-state index contributed by atoms with van der Waals surface area (Å²) in [6.45, 7) is 3.96. The van der Waals surface area contributed by atoms with E-state index in [2.05, 4.69) is 6.92 Å². The Hall–Kier alpha value is -0.350. The first-order chi connectivity index (χ1) is 4.73. The predicted octanol–water partition coefficient (Wildman–Crippen LogP) is 3.04. The van der Waals surface area contributed by atoms with Gasteiger partial charge in [-0.15, -0.1) is 0 Å². The van der Waals surface area contributed by atoms with Crippen LogP contribution in [0.2, 0.25) is 0 Å². The Labute approximate surface area is 61.4 Å². The molecule has 11 heavy (non-hydrogen) atoms. The van der Waals surface area contributed by atoms with Gasteiger partial charge in [-0.25, -0.2) is 0 Å². The first-order valence-corrected chi connectivity index (χ1v) is 3.01. The van der Waals surface area contributed by atoms with Gasteiger partial charge in [0, 0.05) is 5.92 Å². The lowest BCUT2D eigenvalue weighted by Crippen LogP contribution is -2.42. The van der Waals surface area contributed by atoms with E-state index in [9.17, 15) is 22.0 Å². The summed E-state index contributed by atoms with van der Waals surface area (Å²) < 4.78 is 58.7. The maximum atomic E-state index is 12.1. The number of halogens is 5. The highest BCUT2D eigenvalue weighted by Crippen LogP contribution is 2.41. The maximum absolute atomic E-state index is 12.1. The summed E-state index contributed by atoms with van der Waals surface area (Å²) >= 11 is 0. The first-order valence-electron chi connectivity index (χ1n) is 3.01. The third kappa shape index (κ3) is 2.04. The van der Waals surface area contributed by atoms with Crippen molar-refractivity contribution in [1.82, 2.24) is 0 Å². The van der Waals surface area contributed by atoms with Gasteiger partial charge in [-0.3, -0.25) is 0 Å². The summed E-state index contributed by atoms with van der Waals surface area (Å²) in [4.78, 5) is 0. The molecule has 0 bridgehead atoms. The second-order valence-electron chi connectivity index (χ2n) is 2.23. The fraction of sp³-hybridized carbons (Fsp3) is 0.833. The van der Waals surface area contributed by atoms with Crippen molar-refractivity contribution in [2.24, 2.45) is 5.92 Å². The molecule has 0 amide bonds. The van der Waals surface area contributed by atoms with Crippen molar-refractivity contribution in [3.63, 3.8) is 0 Å². The lowest BCUT2D eigenvalue weighted by atomic mass is 10.0. The molecule has 0 spiro atoms. The predicted molar refractivity (Wildman–Crippen MR) is 30.1 cm³/mol. The minimum absolute atomic E-state index is 0.299. The summed E-state index contributed by atoms with van der Waals surface area (Å²) in [6.07, 6.45) is -5.78. The van der Waals surface area contributed by atoms with Crippen LogP contribution in [0.4, 0.5) is 22.0 Å². The summed E-state index contributed by atoms with van der Waals surface area (Å²) in [5.74, 6) is -6.57. The SMILES string of the molecule is [CH2]C(CC)C(F)(F)C(F)(F)F. The Morgan fingerprint density at radius 1 is 1.18 bits per heavy atom. The van der Waals surface area contributed by atoms with Gasteiger partial charge in [0.1, 0.15) is 0 Å². The second kappa shape index (κ2) is 2.95. The summed E-state index contributed by atoms with van der Waals surface area (Å²) in [5, 5.41) is 0. The molecule has 0 heterocycles. The Bertz CT molecular complexity index is 125. The Morgan fingerprint density at radius 3 is 1.64 bits per heavy atom. The molecule has 0 aliphatic rings. The molecule has 0 saturated heterocycles. The summed E-state index contributed by atoms with van der Waals surface area (Å²) in [7, 11) is 0. The standard InChI is InChI=1S/C6H8F5/c1-3-4(2)5(7,8)6(9,10)11/h4H,2-3H2,1H3. The maximum Gasteiger partial charge on any atom is 0.453 e. The van der Waals surface area contributed by atoms with Gasteiger partial charge in [0.15, 0.2) is 0 Å². The van der Waals surface area contributed by atoms with E-state index < -0.39 is 18.0 Å². The molecule has 0 fully saturated rings. The summed E-state index contributed by atoms with van der Waals surface area (Å²) in [5.41, 5.74) is 0. The first kappa shape index (κ1) is 10.7. The van der Waals surface area contributed by atoms with Gasteiger partial charge >= 0.3 is 12.1 Å². The summed E-state index contributed by atoms with van der Waals surface area (Å²) in [6, 6.07) is 0. The molecule has 0 aliphatic heterocycles. The molecule has 0 aromatic rings. The molecule has 1 unspecified atom stereocenters. The average molecular weight is 175 g/mol. The van der Waals surface area contributed by atoms with E-state index in [4.69, 9.17) is 0 Å². The number of rotatable bonds is 2. The molecule has 0 aliphatic carbocycles. The van der Waals surface area contributed by atoms with Crippen LogP contribution in [-0.4, -0.2) is 12.1 Å². The molecule has 0 nitrogen and oxygen atoms in total. The van der Waals surface area contributed by atoms with Crippen LogP contribution in [0, 0.1) is 12.8 Å². The normalized spacial score (nSPS) is 16.6. The van der Waals surface area contributed by atoms with Crippen LogP contribution in [0.3, 0.4) is 0 Å². The third-order valence-corrected chi connectivity index (χ3v) is 1.38. The number of alkyl halides is 5. The highest BCUT2D eigenvalue weighted by Gasteiger charge is 2.60. The number of hydrogen-bond acceptors (Lipinski definition) is 0. The van der Waals surface area contributed by atoms with E-state index in [1.807, 2.05) is 0 Å². The van der Waals surface area contributed by atoms with Crippen molar-refractivity contribution < 1.29 is 22.0 Å². The van der Waals surface area contributed by atoms with Crippen LogP contribution in [0.25, 0.3) is 0 Å². The van der Waals surface area contributed by atoms with Crippen molar-refractivity contribution in [3.05, 3.63) is 6.92 Å². The quantitative estimate of drug-likeness (QED) is 0.566. The molecule has 67 valence electrons. The fourth-order valence-electron chi connectivity index (χ4n) is 0.488. The minimum Gasteiger partial charge on any atom is -0.196 e. The second-order valence-corrected chi connectivity index (χ2v) is 2.23. The molecule has 1 radical (unpaired) electrons. The van der Waals surface area contributed by atoms with Crippen molar-refractivity contribution in [1.29, 1.82) is 0 Å². The zero-order chi connectivity index (χ0) is 9.28. The van der Waals surface area contributed by atoms with E-state index in [1.54, 1.807) is 0 Å². The van der Waals surface area contributed by atoms with Crippen molar-refractivity contribution in [3.8, 4) is 0 Å². The van der Waals surface area contributed by atoms with Gasteiger partial charge in [0.25, 0.3) is 0 Å². The highest BCUT2D eigenvalue weighted by molar-refractivity contribution is 4.84. The van der Waals surface area contributed by atoms with Crippen LogP contribution in [0.5, 0.6) is 0 Å². The molecule has 0 aromatic carbocycles. The van der Waals surface area contributed by atoms with Crippen LogP contribution in [-0.2, 0) is 0 Å². The van der Waals surface area contributed by atoms with Crippen LogP contribution in [0.15, 0.2) is 0 Å². The van der Waals surface area contributed by atoms with Gasteiger partial charge in [0.2, 0.25) is 0 Å². The van der Waals surface area contributed by atoms with Gasteiger partial charge in [-0.2, -0.15) is 22.0 Å². The molecule has 0 aromatic heterocycles. The molecule has 5 heteroatoms.